The van der Waals surface area contributed by atoms with Crippen molar-refractivity contribution in [3.8, 4) is 11.5 Å². The molecule has 9 nitrogen and oxygen atoms in total. The maximum Gasteiger partial charge on any atom is 0.300 e. The first-order chi connectivity index (χ1) is 11.9. The molecule has 1 aromatic rings. The summed E-state index contributed by atoms with van der Waals surface area (Å²) in [5.41, 5.74) is 2.26. The number of ether oxygens (including phenoxy) is 1. The summed E-state index contributed by atoms with van der Waals surface area (Å²) in [5.74, 6) is 0.662. The van der Waals surface area contributed by atoms with Crippen LogP contribution in [0.2, 0.25) is 0 Å². The molecule has 2 aliphatic carbocycles. The minimum Gasteiger partial charge on any atom is -0.504 e. The first-order valence-electron chi connectivity index (χ1n) is 8.80. The number of carbonyl (C=O) groups is 2. The van der Waals surface area contributed by atoms with Gasteiger partial charge in [-0.3, -0.25) is 9.59 Å². The van der Waals surface area contributed by atoms with Crippen LogP contribution in [0.3, 0.4) is 0 Å². The van der Waals surface area contributed by atoms with E-state index in [4.69, 9.17) is 14.6 Å². The van der Waals surface area contributed by atoms with Gasteiger partial charge in [-0.15, -0.1) is 0 Å². The van der Waals surface area contributed by atoms with Crippen LogP contribution < -0.4 is 4.74 Å². The van der Waals surface area contributed by atoms with Gasteiger partial charge < -0.3 is 36.3 Å². The van der Waals surface area contributed by atoms with Gasteiger partial charge in [-0.05, 0) is 50.4 Å². The van der Waals surface area contributed by atoms with E-state index >= 15 is 0 Å². The molecule has 9 heteroatoms. The van der Waals surface area contributed by atoms with Crippen LogP contribution in [0.4, 0.5) is 0 Å². The van der Waals surface area contributed by atoms with Crippen molar-refractivity contribution in [3.05, 3.63) is 23.3 Å². The number of phenolic OH excluding ortho intramolecular Hbond substituents is 1. The Bertz CT molecular complexity index is 763. The normalized spacial score (nSPS) is 30.8. The predicted molar refractivity (Wildman–Crippen MR) is 101 cm³/mol. The number of likely N-dealkylation sites (tertiary alicyclic amines) is 1. The zero-order valence-electron chi connectivity index (χ0n) is 16.0. The minimum atomic E-state index is -0.833. The summed E-state index contributed by atoms with van der Waals surface area (Å²) in [5, 5.41) is 17.6. The number of phenols is 1. The Labute approximate surface area is 162 Å². The molecule has 8 N–H and O–H groups in total. The van der Waals surface area contributed by atoms with Crippen LogP contribution in [-0.2, 0) is 21.4 Å². The molecule has 1 saturated heterocycles. The zero-order chi connectivity index (χ0) is 17.9. The molecule has 1 saturated carbocycles. The summed E-state index contributed by atoms with van der Waals surface area (Å²) < 4.78 is 6.04. The van der Waals surface area contributed by atoms with Crippen molar-refractivity contribution < 1.29 is 41.0 Å². The van der Waals surface area contributed by atoms with Gasteiger partial charge in [0.2, 0.25) is 0 Å². The lowest BCUT2D eigenvalue weighted by Gasteiger charge is -2.57. The first-order valence-corrected chi connectivity index (χ1v) is 8.80. The van der Waals surface area contributed by atoms with E-state index in [0.717, 1.165) is 38.3 Å². The second-order valence-corrected chi connectivity index (χ2v) is 7.62. The molecule has 0 amide bonds. The van der Waals surface area contributed by atoms with E-state index in [1.165, 1.54) is 5.56 Å². The molecule has 28 heavy (non-hydrogen) atoms. The van der Waals surface area contributed by atoms with Crippen LogP contribution in [0, 0.1) is 5.92 Å². The fourth-order valence-corrected chi connectivity index (χ4v) is 5.52. The Kier molecular flexibility index (Phi) is 6.85. The van der Waals surface area contributed by atoms with Crippen molar-refractivity contribution in [1.82, 2.24) is 4.90 Å². The summed E-state index contributed by atoms with van der Waals surface area (Å²) in [7, 11) is 2.20. The van der Waals surface area contributed by atoms with E-state index in [1.54, 1.807) is 6.07 Å². The van der Waals surface area contributed by atoms with E-state index in [1.807, 2.05) is 6.07 Å². The number of ketones is 1. The number of likely N-dealkylation sites (N-methyl/N-ethyl adjacent to an activating group) is 1. The fraction of sp³-hybridized carbons (Fsp3) is 0.579. The molecule has 158 valence electrons. The number of carboxylic acids is 1. The molecule has 0 radical (unpaired) electrons. The molecule has 2 aliphatic heterocycles. The summed E-state index contributed by atoms with van der Waals surface area (Å²) in [4.78, 5) is 23.9. The standard InChI is InChI=1S/C17H19NO3.C2H4O2.3H2O/c1-18-7-6-17-10-3-5-13(20)16(17)21-15-12(19)4-2-9(14(15)17)8-11(10)18;1-2(3)4;;;/h2,4,10-11,16,19H,3,5-8H2,1H3;1H3,(H,3,4);3*1H2/t10-,11+,16-,17-;;;;/m0..../s1. The molecule has 0 unspecified atom stereocenters. The summed E-state index contributed by atoms with van der Waals surface area (Å²) in [6, 6.07) is 4.26. The van der Waals surface area contributed by atoms with Crippen LogP contribution in [0.1, 0.15) is 37.3 Å². The van der Waals surface area contributed by atoms with Gasteiger partial charge in [0.15, 0.2) is 23.4 Å². The molecule has 2 heterocycles. The average Bonchev–Trinajstić information content (AvgIpc) is 2.90. The minimum absolute atomic E-state index is 0. The largest absolute Gasteiger partial charge is 0.504 e. The Morgan fingerprint density at radius 1 is 1.29 bits per heavy atom. The number of piperidine rings is 1. The smallest absolute Gasteiger partial charge is 0.300 e. The second kappa shape index (κ2) is 8.04. The molecule has 2 fully saturated rings. The van der Waals surface area contributed by atoms with Crippen LogP contribution in [-0.4, -0.2) is 69.0 Å². The van der Waals surface area contributed by atoms with Crippen LogP contribution in [0.15, 0.2) is 12.1 Å². The van der Waals surface area contributed by atoms with Gasteiger partial charge in [0.25, 0.3) is 5.97 Å². The maximum atomic E-state index is 12.5. The molecule has 5 rings (SSSR count). The fourth-order valence-electron chi connectivity index (χ4n) is 5.52. The number of carbonyl (C=O) groups excluding carboxylic acids is 1. The molecule has 4 atom stereocenters. The number of benzene rings is 1. The molecule has 4 aliphatic rings. The highest BCUT2D eigenvalue weighted by atomic mass is 16.5. The number of aromatic hydroxyl groups is 1. The van der Waals surface area contributed by atoms with Gasteiger partial charge in [-0.25, -0.2) is 0 Å². The number of rotatable bonds is 0. The van der Waals surface area contributed by atoms with Gasteiger partial charge in [0.1, 0.15) is 0 Å². The third kappa shape index (κ3) is 3.04. The number of hydrogen-bond acceptors (Lipinski definition) is 5. The molecule has 0 aromatic heterocycles. The van der Waals surface area contributed by atoms with Gasteiger partial charge in [-0.2, -0.15) is 0 Å². The van der Waals surface area contributed by atoms with Crippen molar-refractivity contribution >= 4 is 11.8 Å². The van der Waals surface area contributed by atoms with Crippen molar-refractivity contribution in [2.45, 2.75) is 50.2 Å². The van der Waals surface area contributed by atoms with Crippen LogP contribution >= 0.6 is 0 Å². The quantitative estimate of drug-likeness (QED) is 0.578. The summed E-state index contributed by atoms with van der Waals surface area (Å²) in [6.45, 7) is 2.09. The van der Waals surface area contributed by atoms with E-state index in [9.17, 15) is 9.90 Å². The van der Waals surface area contributed by atoms with Gasteiger partial charge >= 0.3 is 0 Å². The SMILES string of the molecule is CC(=O)O.CN1CC[C@]23c4c5ccc(O)c4O[C@H]2C(=O)CC[C@H]3[C@H]1C5.O.O.O. The summed E-state index contributed by atoms with van der Waals surface area (Å²) >= 11 is 0. The Morgan fingerprint density at radius 2 is 1.93 bits per heavy atom. The Morgan fingerprint density at radius 3 is 2.57 bits per heavy atom. The average molecular weight is 399 g/mol. The molecule has 1 aromatic carbocycles. The monoisotopic (exact) mass is 399 g/mol. The number of carboxylic acid groups (broad SMARTS) is 1. The van der Waals surface area contributed by atoms with E-state index in [0.29, 0.717) is 24.1 Å². The number of aliphatic carboxylic acids is 1. The number of Topliss-reactive ketones (excluding diaryl/α,β-unsaturated/α-hetero) is 1. The van der Waals surface area contributed by atoms with Crippen molar-refractivity contribution in [2.75, 3.05) is 13.6 Å². The number of hydrogen-bond donors (Lipinski definition) is 2. The molecule has 2 bridgehead atoms. The van der Waals surface area contributed by atoms with Gasteiger partial charge in [-0.1, -0.05) is 6.07 Å². The Hall–Kier alpha value is -2.20. The van der Waals surface area contributed by atoms with Crippen LogP contribution in [0.25, 0.3) is 0 Å². The van der Waals surface area contributed by atoms with Gasteiger partial charge in [0.05, 0.1) is 0 Å². The second-order valence-electron chi connectivity index (χ2n) is 7.62. The number of nitrogens with zero attached hydrogens (tertiary/aromatic N) is 1. The third-order valence-electron chi connectivity index (χ3n) is 6.39. The van der Waals surface area contributed by atoms with Crippen molar-refractivity contribution in [1.29, 1.82) is 0 Å². The highest BCUT2D eigenvalue weighted by molar-refractivity contribution is 5.89. The Balaban J connectivity index is 0.000000517. The van der Waals surface area contributed by atoms with Gasteiger partial charge in [0, 0.05) is 30.4 Å². The van der Waals surface area contributed by atoms with E-state index in [2.05, 4.69) is 11.9 Å². The molecular weight excluding hydrogens is 370 g/mol. The van der Waals surface area contributed by atoms with E-state index in [-0.39, 0.29) is 39.5 Å². The van der Waals surface area contributed by atoms with E-state index < -0.39 is 5.97 Å². The predicted octanol–water partition coefficient (Wildman–Crippen LogP) is -0.753. The third-order valence-corrected chi connectivity index (χ3v) is 6.39. The highest BCUT2D eigenvalue weighted by Crippen LogP contribution is 2.62. The highest BCUT2D eigenvalue weighted by Gasteiger charge is 2.65. The molecular formula is C19H29NO8. The first kappa shape index (κ1) is 23.8. The molecule has 1 spiro atoms. The lowest BCUT2D eigenvalue weighted by molar-refractivity contribution is -0.138. The summed E-state index contributed by atoms with van der Waals surface area (Å²) in [6.07, 6.45) is 3.18. The lowest BCUT2D eigenvalue weighted by Crippen LogP contribution is -2.65. The van der Waals surface area contributed by atoms with Crippen molar-refractivity contribution in [3.63, 3.8) is 0 Å². The zero-order valence-corrected chi connectivity index (χ0v) is 16.0. The lowest BCUT2D eigenvalue weighted by atomic mass is 9.52. The van der Waals surface area contributed by atoms with Crippen molar-refractivity contribution in [2.24, 2.45) is 5.92 Å². The van der Waals surface area contributed by atoms with Crippen LogP contribution in [0.5, 0.6) is 11.5 Å². The maximum absolute atomic E-state index is 12.5. The topological polar surface area (TPSA) is 182 Å².